The van der Waals surface area contributed by atoms with E-state index < -0.39 is 17.7 Å². The van der Waals surface area contributed by atoms with Gasteiger partial charge in [-0.3, -0.25) is 14.5 Å². The van der Waals surface area contributed by atoms with Crippen LogP contribution in [0, 0.1) is 5.92 Å². The third-order valence-electron chi connectivity index (χ3n) is 6.54. The lowest BCUT2D eigenvalue weighted by molar-refractivity contribution is -0.132. The van der Waals surface area contributed by atoms with Crippen molar-refractivity contribution >= 4 is 23.1 Å². The number of anilines is 1. The second-order valence-electron chi connectivity index (χ2n) is 8.84. The molecule has 2 aromatic carbocycles. The smallest absolute Gasteiger partial charge is 0.299 e. The van der Waals surface area contributed by atoms with E-state index in [1.807, 2.05) is 12.1 Å². The molecule has 1 aliphatic rings. The Balaban J connectivity index is 1.81. The molecule has 182 valence electrons. The Kier molecular flexibility index (Phi) is 7.46. The van der Waals surface area contributed by atoms with E-state index >= 15 is 0 Å². The Hall–Kier alpha value is -3.71. The van der Waals surface area contributed by atoms with E-state index in [2.05, 4.69) is 19.0 Å². The molecule has 3 aromatic rings. The number of nitrogens with zero attached hydrogens (tertiary/aromatic N) is 2. The zero-order valence-electron chi connectivity index (χ0n) is 20.0. The lowest BCUT2D eigenvalue weighted by Crippen LogP contribution is -2.39. The SMILES string of the molecule is CCCC(CCC)C1C(=C(O)c2ccc(CO)cc2)C(=O)C(=O)N1c1ccc(-c2ccon2)cc1. The number of benzene rings is 2. The van der Waals surface area contributed by atoms with Crippen molar-refractivity contribution in [3.05, 3.63) is 77.6 Å². The van der Waals surface area contributed by atoms with Gasteiger partial charge >= 0.3 is 0 Å². The summed E-state index contributed by atoms with van der Waals surface area (Å²) in [5.41, 5.74) is 3.38. The molecule has 1 atom stereocenters. The van der Waals surface area contributed by atoms with Crippen LogP contribution in [0.25, 0.3) is 17.0 Å². The number of hydrogen-bond acceptors (Lipinski definition) is 6. The van der Waals surface area contributed by atoms with Gasteiger partial charge in [0, 0.05) is 22.9 Å². The molecular weight excluding hydrogens is 444 g/mol. The van der Waals surface area contributed by atoms with Crippen molar-refractivity contribution in [2.75, 3.05) is 4.90 Å². The quantitative estimate of drug-likeness (QED) is 0.248. The first-order valence-electron chi connectivity index (χ1n) is 12.0. The summed E-state index contributed by atoms with van der Waals surface area (Å²) < 4.78 is 4.92. The minimum atomic E-state index is -0.684. The number of rotatable bonds is 9. The lowest BCUT2D eigenvalue weighted by atomic mass is 9.84. The summed E-state index contributed by atoms with van der Waals surface area (Å²) in [6.07, 6.45) is 4.90. The molecule has 2 N–H and O–H groups in total. The first kappa shape index (κ1) is 24.4. The standard InChI is InChI=1S/C28H30N2O5/c1-3-5-20(6-4-2)25-24(26(32)21-9-7-18(17-31)8-10-21)27(33)28(34)30(25)22-13-11-19(12-14-22)23-15-16-35-29-23/h7-16,20,25,31-32H,3-6,17H2,1-2H3. The molecule has 2 heterocycles. The van der Waals surface area contributed by atoms with Gasteiger partial charge in [0.2, 0.25) is 0 Å². The number of amides is 1. The van der Waals surface area contributed by atoms with Gasteiger partial charge in [-0.05, 0) is 36.5 Å². The zero-order valence-corrected chi connectivity index (χ0v) is 20.0. The second-order valence-corrected chi connectivity index (χ2v) is 8.84. The van der Waals surface area contributed by atoms with Gasteiger partial charge in [0.1, 0.15) is 17.7 Å². The minimum Gasteiger partial charge on any atom is -0.507 e. The highest BCUT2D eigenvalue weighted by Crippen LogP contribution is 2.39. The molecule has 0 aliphatic carbocycles. The predicted molar refractivity (Wildman–Crippen MR) is 133 cm³/mol. The normalized spacial score (nSPS) is 17.5. The van der Waals surface area contributed by atoms with Crippen molar-refractivity contribution in [3.63, 3.8) is 0 Å². The van der Waals surface area contributed by atoms with E-state index in [1.54, 1.807) is 47.4 Å². The molecule has 0 spiro atoms. The number of Topliss-reactive ketones (excluding diaryl/α,β-unsaturated/α-hetero) is 1. The predicted octanol–water partition coefficient (Wildman–Crippen LogP) is 5.30. The monoisotopic (exact) mass is 474 g/mol. The highest BCUT2D eigenvalue weighted by atomic mass is 16.5. The van der Waals surface area contributed by atoms with Crippen LogP contribution in [0.3, 0.4) is 0 Å². The van der Waals surface area contributed by atoms with Crippen LogP contribution >= 0.6 is 0 Å². The average molecular weight is 475 g/mol. The average Bonchev–Trinajstić information content (AvgIpc) is 3.51. The number of aliphatic hydroxyl groups excluding tert-OH is 2. The third kappa shape index (κ3) is 4.77. The summed E-state index contributed by atoms with van der Waals surface area (Å²) in [5, 5.41) is 24.5. The number of aromatic nitrogens is 1. The fraction of sp³-hybridized carbons (Fsp3) is 0.321. The number of carbonyl (C=O) groups excluding carboxylic acids is 2. The van der Waals surface area contributed by atoms with E-state index in [-0.39, 0.29) is 23.9 Å². The van der Waals surface area contributed by atoms with Crippen LogP contribution in [0.2, 0.25) is 0 Å². The summed E-state index contributed by atoms with van der Waals surface area (Å²) in [5.74, 6) is -1.51. The summed E-state index contributed by atoms with van der Waals surface area (Å²) >= 11 is 0. The van der Waals surface area contributed by atoms with E-state index in [1.165, 1.54) is 6.26 Å². The van der Waals surface area contributed by atoms with Crippen molar-refractivity contribution in [3.8, 4) is 11.3 Å². The first-order chi connectivity index (χ1) is 17.0. The number of hydrogen-bond donors (Lipinski definition) is 2. The Morgan fingerprint density at radius 1 is 1.00 bits per heavy atom. The summed E-state index contributed by atoms with van der Waals surface area (Å²) in [6.45, 7) is 4.04. The third-order valence-corrected chi connectivity index (χ3v) is 6.54. The van der Waals surface area contributed by atoms with Gasteiger partial charge in [-0.25, -0.2) is 0 Å². The van der Waals surface area contributed by atoms with Crippen molar-refractivity contribution in [1.82, 2.24) is 5.16 Å². The van der Waals surface area contributed by atoms with E-state index in [4.69, 9.17) is 4.52 Å². The Morgan fingerprint density at radius 2 is 1.66 bits per heavy atom. The molecule has 7 heteroatoms. The maximum absolute atomic E-state index is 13.4. The second kappa shape index (κ2) is 10.7. The molecule has 1 aromatic heterocycles. The van der Waals surface area contributed by atoms with Gasteiger partial charge in [-0.1, -0.05) is 68.2 Å². The highest BCUT2D eigenvalue weighted by molar-refractivity contribution is 6.51. The van der Waals surface area contributed by atoms with Crippen LogP contribution < -0.4 is 4.90 Å². The first-order valence-corrected chi connectivity index (χ1v) is 12.0. The molecule has 35 heavy (non-hydrogen) atoms. The maximum Gasteiger partial charge on any atom is 0.299 e. The zero-order chi connectivity index (χ0) is 24.9. The molecule has 4 rings (SSSR count). The van der Waals surface area contributed by atoms with Gasteiger partial charge in [0.25, 0.3) is 11.7 Å². The maximum atomic E-state index is 13.4. The Bertz CT molecular complexity index is 1190. The van der Waals surface area contributed by atoms with Crippen LogP contribution in [0.1, 0.15) is 50.7 Å². The van der Waals surface area contributed by atoms with Crippen molar-refractivity contribution in [1.29, 1.82) is 0 Å². The minimum absolute atomic E-state index is 0.00415. The number of ketones is 1. The summed E-state index contributed by atoms with van der Waals surface area (Å²) in [7, 11) is 0. The molecule has 1 aliphatic heterocycles. The van der Waals surface area contributed by atoms with E-state index in [0.717, 1.165) is 31.2 Å². The summed E-state index contributed by atoms with van der Waals surface area (Å²) in [6, 6.07) is 15.2. The van der Waals surface area contributed by atoms with Gasteiger partial charge in [0.05, 0.1) is 18.2 Å². The molecular formula is C28H30N2O5. The van der Waals surface area contributed by atoms with Crippen molar-refractivity contribution < 1.29 is 24.3 Å². The fourth-order valence-corrected chi connectivity index (χ4v) is 4.87. The Labute approximate surface area is 204 Å². The van der Waals surface area contributed by atoms with Gasteiger partial charge < -0.3 is 14.7 Å². The molecule has 1 unspecified atom stereocenters. The lowest BCUT2D eigenvalue weighted by Gasteiger charge is -2.32. The number of carbonyl (C=O) groups is 2. The van der Waals surface area contributed by atoms with E-state index in [0.29, 0.717) is 22.5 Å². The van der Waals surface area contributed by atoms with Gasteiger partial charge in [-0.15, -0.1) is 0 Å². The number of aliphatic hydroxyl groups is 2. The molecule has 1 fully saturated rings. The Morgan fingerprint density at radius 3 is 2.20 bits per heavy atom. The fourth-order valence-electron chi connectivity index (χ4n) is 4.87. The highest BCUT2D eigenvalue weighted by Gasteiger charge is 2.48. The molecule has 0 bridgehead atoms. The van der Waals surface area contributed by atoms with Crippen molar-refractivity contribution in [2.24, 2.45) is 5.92 Å². The van der Waals surface area contributed by atoms with Crippen LogP contribution in [0.5, 0.6) is 0 Å². The van der Waals surface area contributed by atoms with Crippen LogP contribution in [0.4, 0.5) is 5.69 Å². The van der Waals surface area contributed by atoms with Crippen LogP contribution in [-0.2, 0) is 16.2 Å². The summed E-state index contributed by atoms with van der Waals surface area (Å²) in [4.78, 5) is 28.2. The largest absolute Gasteiger partial charge is 0.507 e. The van der Waals surface area contributed by atoms with Gasteiger partial charge in [0.15, 0.2) is 0 Å². The van der Waals surface area contributed by atoms with Gasteiger partial charge in [-0.2, -0.15) is 0 Å². The molecule has 1 saturated heterocycles. The van der Waals surface area contributed by atoms with E-state index in [9.17, 15) is 19.8 Å². The van der Waals surface area contributed by atoms with Crippen molar-refractivity contribution in [2.45, 2.75) is 52.2 Å². The molecule has 0 radical (unpaired) electrons. The molecule has 0 saturated carbocycles. The molecule has 1 amide bonds. The van der Waals surface area contributed by atoms with Crippen LogP contribution in [0.15, 0.2) is 71.0 Å². The topological polar surface area (TPSA) is 104 Å². The van der Waals surface area contributed by atoms with Crippen LogP contribution in [-0.4, -0.2) is 33.1 Å². The molecule has 7 nitrogen and oxygen atoms in total.